The summed E-state index contributed by atoms with van der Waals surface area (Å²) >= 11 is 0. The van der Waals surface area contributed by atoms with Gasteiger partial charge in [0.2, 0.25) is 0 Å². The van der Waals surface area contributed by atoms with E-state index in [1.807, 2.05) is 30.3 Å². The van der Waals surface area contributed by atoms with Crippen molar-refractivity contribution in [2.75, 3.05) is 0 Å². The Morgan fingerprint density at radius 3 is 2.00 bits per heavy atom. The Balaban J connectivity index is 1.85. The van der Waals surface area contributed by atoms with Crippen LogP contribution in [0.15, 0.2) is 60.7 Å². The second-order valence-electron chi connectivity index (χ2n) is 5.36. The molecule has 106 valence electrons. The Morgan fingerprint density at radius 2 is 1.38 bits per heavy atom. The average molecular weight is 277 g/mol. The zero-order chi connectivity index (χ0) is 14.8. The van der Waals surface area contributed by atoms with Crippen LogP contribution < -0.4 is 4.74 Å². The normalized spacial score (nSPS) is 10.6. The lowest BCUT2D eigenvalue weighted by Gasteiger charge is -2.11. The molecule has 0 aliphatic rings. The van der Waals surface area contributed by atoms with Gasteiger partial charge in [0.05, 0.1) is 0 Å². The molecule has 0 saturated heterocycles. The largest absolute Gasteiger partial charge is 0.457 e. The molecule has 3 rings (SSSR count). The second-order valence-corrected chi connectivity index (χ2v) is 5.36. The lowest BCUT2D eigenvalue weighted by atomic mass is 10.2. The summed E-state index contributed by atoms with van der Waals surface area (Å²) in [5, 5.41) is 0. The molecule has 2 nitrogen and oxygen atoms in total. The lowest BCUT2D eigenvalue weighted by Crippen LogP contribution is -1.98. The minimum Gasteiger partial charge on any atom is -0.457 e. The van der Waals surface area contributed by atoms with Crippen LogP contribution in [0.5, 0.6) is 11.5 Å². The third-order valence-electron chi connectivity index (χ3n) is 3.59. The molecule has 0 atom stereocenters. The topological polar surface area (TPSA) is 14.2 Å². The maximum absolute atomic E-state index is 5.88. The van der Waals surface area contributed by atoms with Crippen LogP contribution in [0, 0.1) is 20.8 Å². The van der Waals surface area contributed by atoms with Gasteiger partial charge in [-0.05, 0) is 74.9 Å². The van der Waals surface area contributed by atoms with Crippen LogP contribution in [-0.2, 0) is 0 Å². The Morgan fingerprint density at radius 1 is 0.714 bits per heavy atom. The molecule has 0 aliphatic heterocycles. The molecule has 21 heavy (non-hydrogen) atoms. The minimum absolute atomic E-state index is 0.854. The van der Waals surface area contributed by atoms with Crippen LogP contribution in [0.1, 0.15) is 17.0 Å². The zero-order valence-corrected chi connectivity index (χ0v) is 12.6. The van der Waals surface area contributed by atoms with E-state index in [1.165, 1.54) is 17.0 Å². The van der Waals surface area contributed by atoms with Crippen LogP contribution >= 0.6 is 0 Å². The van der Waals surface area contributed by atoms with Crippen molar-refractivity contribution in [1.29, 1.82) is 0 Å². The molecule has 1 heterocycles. The number of hydrogen-bond acceptors (Lipinski definition) is 1. The molecule has 0 amide bonds. The zero-order valence-electron chi connectivity index (χ0n) is 12.6. The van der Waals surface area contributed by atoms with Crippen molar-refractivity contribution in [3.63, 3.8) is 0 Å². The minimum atomic E-state index is 0.854. The van der Waals surface area contributed by atoms with Crippen molar-refractivity contribution < 1.29 is 4.74 Å². The van der Waals surface area contributed by atoms with E-state index in [2.05, 4.69) is 55.7 Å². The summed E-state index contributed by atoms with van der Waals surface area (Å²) in [6, 6.07) is 20.5. The molecule has 2 heteroatoms. The Kier molecular flexibility index (Phi) is 3.53. The highest BCUT2D eigenvalue weighted by atomic mass is 16.5. The summed E-state index contributed by atoms with van der Waals surface area (Å²) in [7, 11) is 0. The van der Waals surface area contributed by atoms with E-state index in [1.54, 1.807) is 0 Å². The predicted molar refractivity (Wildman–Crippen MR) is 86.5 cm³/mol. The van der Waals surface area contributed by atoms with E-state index < -0.39 is 0 Å². The quantitative estimate of drug-likeness (QED) is 0.642. The SMILES string of the molecule is Cc1cccc(Oc2ccc(-n3c(C)ccc3C)cc2)c1. The number of hydrogen-bond donors (Lipinski definition) is 0. The molecule has 0 saturated carbocycles. The lowest BCUT2D eigenvalue weighted by molar-refractivity contribution is 0.482. The number of nitrogens with zero attached hydrogens (tertiary/aromatic N) is 1. The molecular formula is C19H19NO. The number of aryl methyl sites for hydroxylation is 3. The van der Waals surface area contributed by atoms with Gasteiger partial charge >= 0.3 is 0 Å². The number of aromatic nitrogens is 1. The van der Waals surface area contributed by atoms with E-state index in [0.717, 1.165) is 17.2 Å². The van der Waals surface area contributed by atoms with Crippen LogP contribution in [0.2, 0.25) is 0 Å². The Hall–Kier alpha value is -2.48. The third-order valence-corrected chi connectivity index (χ3v) is 3.59. The Bertz CT molecular complexity index is 734. The van der Waals surface area contributed by atoms with Crippen molar-refractivity contribution in [2.24, 2.45) is 0 Å². The molecule has 0 bridgehead atoms. The number of ether oxygens (including phenoxy) is 1. The molecule has 0 unspecified atom stereocenters. The first-order valence-corrected chi connectivity index (χ1v) is 7.13. The maximum atomic E-state index is 5.88. The van der Waals surface area contributed by atoms with Crippen molar-refractivity contribution in [3.05, 3.63) is 77.6 Å². The number of rotatable bonds is 3. The van der Waals surface area contributed by atoms with Crippen molar-refractivity contribution in [2.45, 2.75) is 20.8 Å². The molecule has 0 N–H and O–H groups in total. The van der Waals surface area contributed by atoms with Crippen molar-refractivity contribution >= 4 is 0 Å². The first-order chi connectivity index (χ1) is 10.1. The molecule has 0 spiro atoms. The highest BCUT2D eigenvalue weighted by molar-refractivity contribution is 5.42. The van der Waals surface area contributed by atoms with Gasteiger partial charge in [-0.15, -0.1) is 0 Å². The fourth-order valence-electron chi connectivity index (χ4n) is 2.55. The predicted octanol–water partition coefficient (Wildman–Crippen LogP) is 5.19. The number of benzene rings is 2. The summed E-state index contributed by atoms with van der Waals surface area (Å²) in [5.74, 6) is 1.72. The first kappa shape index (κ1) is 13.5. The first-order valence-electron chi connectivity index (χ1n) is 7.13. The van der Waals surface area contributed by atoms with Crippen molar-refractivity contribution in [3.8, 4) is 17.2 Å². The maximum Gasteiger partial charge on any atom is 0.127 e. The van der Waals surface area contributed by atoms with Gasteiger partial charge < -0.3 is 9.30 Å². The third kappa shape index (κ3) is 2.84. The monoisotopic (exact) mass is 277 g/mol. The smallest absolute Gasteiger partial charge is 0.127 e. The highest BCUT2D eigenvalue weighted by Gasteiger charge is 2.04. The molecule has 0 aliphatic carbocycles. The standard InChI is InChI=1S/C19H19NO/c1-14-5-4-6-19(13-14)21-18-11-9-17(10-12-18)20-15(2)7-8-16(20)3/h4-13H,1-3H3. The van der Waals surface area contributed by atoms with Gasteiger partial charge in [-0.1, -0.05) is 12.1 Å². The second kappa shape index (κ2) is 5.49. The molecule has 0 radical (unpaired) electrons. The summed E-state index contributed by atoms with van der Waals surface area (Å²) in [6.45, 7) is 6.29. The summed E-state index contributed by atoms with van der Waals surface area (Å²) in [6.07, 6.45) is 0. The van der Waals surface area contributed by atoms with Crippen LogP contribution in [0.4, 0.5) is 0 Å². The van der Waals surface area contributed by atoms with E-state index in [0.29, 0.717) is 0 Å². The highest BCUT2D eigenvalue weighted by Crippen LogP contribution is 2.24. The van der Waals surface area contributed by atoms with Crippen LogP contribution in [0.25, 0.3) is 5.69 Å². The summed E-state index contributed by atoms with van der Waals surface area (Å²) < 4.78 is 8.12. The fraction of sp³-hybridized carbons (Fsp3) is 0.158. The van der Waals surface area contributed by atoms with Gasteiger partial charge in [0.25, 0.3) is 0 Å². The van der Waals surface area contributed by atoms with Gasteiger partial charge in [0.1, 0.15) is 11.5 Å². The van der Waals surface area contributed by atoms with Gasteiger partial charge in [0.15, 0.2) is 0 Å². The van der Waals surface area contributed by atoms with Crippen LogP contribution in [0.3, 0.4) is 0 Å². The van der Waals surface area contributed by atoms with E-state index in [-0.39, 0.29) is 0 Å². The molecular weight excluding hydrogens is 258 g/mol. The molecule has 1 aromatic heterocycles. The molecule has 0 fully saturated rings. The van der Waals surface area contributed by atoms with Gasteiger partial charge in [-0.2, -0.15) is 0 Å². The van der Waals surface area contributed by atoms with E-state index >= 15 is 0 Å². The van der Waals surface area contributed by atoms with E-state index in [4.69, 9.17) is 4.74 Å². The van der Waals surface area contributed by atoms with Crippen molar-refractivity contribution in [1.82, 2.24) is 4.57 Å². The molecule has 2 aromatic carbocycles. The fourth-order valence-corrected chi connectivity index (χ4v) is 2.55. The molecule has 3 aromatic rings. The van der Waals surface area contributed by atoms with Crippen LogP contribution in [-0.4, -0.2) is 4.57 Å². The van der Waals surface area contributed by atoms with Gasteiger partial charge in [-0.25, -0.2) is 0 Å². The van der Waals surface area contributed by atoms with E-state index in [9.17, 15) is 0 Å². The average Bonchev–Trinajstić information content (AvgIpc) is 2.79. The summed E-state index contributed by atoms with van der Waals surface area (Å²) in [4.78, 5) is 0. The Labute approximate surface area is 125 Å². The van der Waals surface area contributed by atoms with Gasteiger partial charge in [-0.3, -0.25) is 0 Å². The summed E-state index contributed by atoms with van der Waals surface area (Å²) in [5.41, 5.74) is 4.83. The van der Waals surface area contributed by atoms with Gasteiger partial charge in [0, 0.05) is 17.1 Å².